The Bertz CT molecular complexity index is 940. The molecule has 4 saturated carbocycles. The molecule has 0 atom stereocenters. The minimum Gasteiger partial charge on any atom is -0.332 e. The average molecular weight is 429 g/mol. The Labute approximate surface area is 179 Å². The van der Waals surface area contributed by atoms with Crippen molar-refractivity contribution >= 4 is 23.7 Å². The third-order valence-corrected chi connectivity index (χ3v) is 7.66. The molecule has 4 aliphatic carbocycles. The predicted octanol–water partition coefficient (Wildman–Crippen LogP) is 3.90. The summed E-state index contributed by atoms with van der Waals surface area (Å²) in [4.78, 5) is 29.1. The number of carbonyl (C=O) groups excluding carboxylic acids is 2. The zero-order valence-corrected chi connectivity index (χ0v) is 17.5. The van der Waals surface area contributed by atoms with Crippen molar-refractivity contribution in [3.05, 3.63) is 42.5 Å². The summed E-state index contributed by atoms with van der Waals surface area (Å²) in [7, 11) is 0. The lowest BCUT2D eigenvalue weighted by atomic mass is 9.53. The van der Waals surface area contributed by atoms with Crippen LogP contribution in [-0.4, -0.2) is 32.8 Å². The minimum absolute atomic E-state index is 0.0562. The summed E-state index contributed by atoms with van der Waals surface area (Å²) in [5, 5.41) is 6.20. The van der Waals surface area contributed by atoms with E-state index < -0.39 is 6.03 Å². The van der Waals surface area contributed by atoms with Crippen LogP contribution in [0, 0.1) is 23.6 Å². The van der Waals surface area contributed by atoms with Gasteiger partial charge >= 0.3 is 6.03 Å². The van der Waals surface area contributed by atoms with Crippen molar-refractivity contribution in [1.29, 1.82) is 0 Å². The number of amides is 3. The fourth-order valence-electron chi connectivity index (χ4n) is 6.05. The van der Waals surface area contributed by atoms with Crippen LogP contribution < -0.4 is 10.6 Å². The molecule has 1 aromatic carbocycles. The van der Waals surface area contributed by atoms with Gasteiger partial charge in [0.1, 0.15) is 5.82 Å². The third-order valence-electron chi connectivity index (χ3n) is 6.70. The number of carbonyl (C=O) groups is 2. The zero-order valence-electron chi connectivity index (χ0n) is 16.6. The van der Waals surface area contributed by atoms with E-state index in [4.69, 9.17) is 0 Å². The number of nitrogens with zero attached hydrogens (tertiary/aromatic N) is 2. The number of hydrogen-bond acceptors (Lipinski definition) is 4. The number of nitrogens with one attached hydrogen (secondary N) is 2. The molecule has 2 aromatic rings. The van der Waals surface area contributed by atoms with Crippen LogP contribution in [0.4, 0.5) is 9.18 Å². The second kappa shape index (κ2) is 7.72. The predicted molar refractivity (Wildman–Crippen MR) is 112 cm³/mol. The number of aromatic nitrogens is 2. The number of hydrogen-bond donors (Lipinski definition) is 2. The topological polar surface area (TPSA) is 76.0 Å². The second-order valence-corrected chi connectivity index (χ2v) is 9.99. The normalized spacial score (nSPS) is 29.0. The van der Waals surface area contributed by atoms with E-state index in [1.54, 1.807) is 29.1 Å². The van der Waals surface area contributed by atoms with Gasteiger partial charge in [-0.1, -0.05) is 17.8 Å². The third kappa shape index (κ3) is 3.97. The van der Waals surface area contributed by atoms with Gasteiger partial charge in [0.15, 0.2) is 5.16 Å². The first-order valence-electron chi connectivity index (χ1n) is 10.5. The lowest BCUT2D eigenvalue weighted by molar-refractivity contribution is -0.117. The number of rotatable bonds is 5. The highest BCUT2D eigenvalue weighted by atomic mass is 32.2. The molecular weight excluding hydrogens is 403 g/mol. The Balaban J connectivity index is 1.16. The van der Waals surface area contributed by atoms with Crippen molar-refractivity contribution in [3.8, 4) is 5.69 Å². The highest BCUT2D eigenvalue weighted by Crippen LogP contribution is 2.55. The highest BCUT2D eigenvalue weighted by Gasteiger charge is 2.51. The Morgan fingerprint density at radius 3 is 2.53 bits per heavy atom. The molecule has 30 heavy (non-hydrogen) atoms. The number of halogens is 1. The Hall–Kier alpha value is -2.35. The number of benzene rings is 1. The van der Waals surface area contributed by atoms with E-state index >= 15 is 0 Å². The molecule has 4 bridgehead atoms. The maximum absolute atomic E-state index is 13.5. The first-order chi connectivity index (χ1) is 14.5. The van der Waals surface area contributed by atoms with Gasteiger partial charge in [-0.25, -0.2) is 14.2 Å². The largest absolute Gasteiger partial charge is 0.332 e. The molecule has 0 unspecified atom stereocenters. The Kier molecular flexibility index (Phi) is 5.05. The standard InChI is InChI=1S/C22H25FN4O2S/c23-17-2-1-3-18(9-17)27-5-4-24-21(27)30-13-19(28)25-20(29)26-22-10-14-6-15(11-22)8-16(7-14)12-22/h1-5,9,14-16H,6-8,10-13H2,(H2,25,26,28,29). The first kappa shape index (κ1) is 19.6. The fraction of sp³-hybridized carbons (Fsp3) is 0.500. The second-order valence-electron chi connectivity index (χ2n) is 9.05. The summed E-state index contributed by atoms with van der Waals surface area (Å²) < 4.78 is 15.2. The fourth-order valence-corrected chi connectivity index (χ4v) is 6.82. The van der Waals surface area contributed by atoms with Crippen LogP contribution in [0.25, 0.3) is 5.69 Å². The summed E-state index contributed by atoms with van der Waals surface area (Å²) >= 11 is 1.21. The van der Waals surface area contributed by atoms with Crippen molar-refractivity contribution in [3.63, 3.8) is 0 Å². The van der Waals surface area contributed by atoms with Gasteiger partial charge in [0, 0.05) is 17.9 Å². The summed E-state index contributed by atoms with van der Waals surface area (Å²) in [6.45, 7) is 0. The van der Waals surface area contributed by atoms with Crippen molar-refractivity contribution < 1.29 is 14.0 Å². The molecule has 1 aromatic heterocycles. The van der Waals surface area contributed by atoms with Crippen LogP contribution >= 0.6 is 11.8 Å². The monoisotopic (exact) mass is 428 g/mol. The minimum atomic E-state index is -0.393. The van der Waals surface area contributed by atoms with Crippen LogP contribution in [0.15, 0.2) is 41.8 Å². The van der Waals surface area contributed by atoms with E-state index in [-0.39, 0.29) is 23.0 Å². The maximum atomic E-state index is 13.5. The number of imidazole rings is 1. The molecule has 6 nitrogen and oxygen atoms in total. The number of urea groups is 1. The molecule has 3 amide bonds. The average Bonchev–Trinajstić information content (AvgIpc) is 3.13. The molecule has 6 rings (SSSR count). The van der Waals surface area contributed by atoms with Gasteiger partial charge in [-0.15, -0.1) is 0 Å². The summed E-state index contributed by atoms with van der Waals surface area (Å²) in [6, 6.07) is 5.79. The highest BCUT2D eigenvalue weighted by molar-refractivity contribution is 7.99. The van der Waals surface area contributed by atoms with Gasteiger partial charge in [-0.05, 0) is 74.5 Å². The summed E-state index contributed by atoms with van der Waals surface area (Å²) in [6.07, 6.45) is 10.4. The first-order valence-corrected chi connectivity index (χ1v) is 11.5. The summed E-state index contributed by atoms with van der Waals surface area (Å²) in [5.74, 6) is 1.53. The molecule has 0 aliphatic heterocycles. The number of thioether (sulfide) groups is 1. The van der Waals surface area contributed by atoms with Gasteiger partial charge in [0.05, 0.1) is 11.4 Å². The van der Waals surface area contributed by atoms with Crippen LogP contribution in [0.3, 0.4) is 0 Å². The van der Waals surface area contributed by atoms with Crippen molar-refractivity contribution in [2.45, 2.75) is 49.2 Å². The van der Waals surface area contributed by atoms with Crippen LogP contribution in [0.5, 0.6) is 0 Å². The van der Waals surface area contributed by atoms with Crippen molar-refractivity contribution in [2.24, 2.45) is 17.8 Å². The van der Waals surface area contributed by atoms with Gasteiger partial charge in [0.25, 0.3) is 0 Å². The Morgan fingerprint density at radius 1 is 1.17 bits per heavy atom. The molecule has 0 radical (unpaired) electrons. The molecule has 8 heteroatoms. The molecule has 0 spiro atoms. The molecule has 158 valence electrons. The molecule has 0 saturated heterocycles. The van der Waals surface area contributed by atoms with Gasteiger partial charge in [-0.3, -0.25) is 14.7 Å². The van der Waals surface area contributed by atoms with Crippen molar-refractivity contribution in [1.82, 2.24) is 20.2 Å². The Morgan fingerprint density at radius 2 is 1.87 bits per heavy atom. The van der Waals surface area contributed by atoms with Crippen LogP contribution in [0.2, 0.25) is 0 Å². The van der Waals surface area contributed by atoms with Gasteiger partial charge in [0.2, 0.25) is 5.91 Å². The van der Waals surface area contributed by atoms with E-state index in [2.05, 4.69) is 15.6 Å². The quantitative estimate of drug-likeness (QED) is 0.709. The van der Waals surface area contributed by atoms with Gasteiger partial charge in [-0.2, -0.15) is 0 Å². The smallest absolute Gasteiger partial charge is 0.321 e. The molecule has 1 heterocycles. The lowest BCUT2D eigenvalue weighted by Crippen LogP contribution is -2.61. The zero-order chi connectivity index (χ0) is 20.7. The SMILES string of the molecule is O=C(CSc1nccn1-c1cccc(F)c1)NC(=O)NC12CC3CC(CC(C3)C1)C2. The van der Waals surface area contributed by atoms with Crippen LogP contribution in [-0.2, 0) is 4.79 Å². The summed E-state index contributed by atoms with van der Waals surface area (Å²) in [5.41, 5.74) is 0.509. The van der Waals surface area contributed by atoms with E-state index in [0.717, 1.165) is 37.0 Å². The maximum Gasteiger partial charge on any atom is 0.321 e. The van der Waals surface area contributed by atoms with Crippen LogP contribution in [0.1, 0.15) is 38.5 Å². The van der Waals surface area contributed by atoms with Crippen molar-refractivity contribution in [2.75, 3.05) is 5.75 Å². The molecule has 4 fully saturated rings. The molecular formula is C22H25FN4O2S. The lowest BCUT2D eigenvalue weighted by Gasteiger charge is -2.56. The van der Waals surface area contributed by atoms with Gasteiger partial charge < -0.3 is 5.32 Å². The van der Waals surface area contributed by atoms with E-state index in [1.807, 2.05) is 0 Å². The molecule has 2 N–H and O–H groups in total. The number of imide groups is 1. The van der Waals surface area contributed by atoms with E-state index in [9.17, 15) is 14.0 Å². The van der Waals surface area contributed by atoms with E-state index in [0.29, 0.717) is 10.8 Å². The molecule has 4 aliphatic rings. The van der Waals surface area contributed by atoms with E-state index in [1.165, 1.54) is 43.2 Å².